The zero-order valence-electron chi connectivity index (χ0n) is 7.64. The molecule has 1 N–H and O–H groups in total. The van der Waals surface area contributed by atoms with Crippen LogP contribution in [0, 0.1) is 0 Å². The van der Waals surface area contributed by atoms with Crippen molar-refractivity contribution in [3.8, 4) is 0 Å². The Morgan fingerprint density at radius 3 is 2.21 bits per heavy atom. The van der Waals surface area contributed by atoms with E-state index in [1.807, 2.05) is 0 Å². The van der Waals surface area contributed by atoms with Crippen LogP contribution in [0.15, 0.2) is 28.7 Å². The molecular formula is C9H11BrO3S. The Labute approximate surface area is 92.0 Å². The van der Waals surface area contributed by atoms with Crippen molar-refractivity contribution < 1.29 is 13.0 Å². The molecule has 0 aliphatic carbocycles. The lowest BCUT2D eigenvalue weighted by atomic mass is 10.1. The first-order valence-electron chi connectivity index (χ1n) is 4.17. The van der Waals surface area contributed by atoms with Gasteiger partial charge in [-0.3, -0.25) is 4.55 Å². The molecule has 0 bridgehead atoms. The highest BCUT2D eigenvalue weighted by molar-refractivity contribution is 9.10. The van der Waals surface area contributed by atoms with Crippen LogP contribution in [0.3, 0.4) is 0 Å². The van der Waals surface area contributed by atoms with Crippen molar-refractivity contribution in [3.63, 3.8) is 0 Å². The number of benzene rings is 1. The van der Waals surface area contributed by atoms with Crippen molar-refractivity contribution in [3.05, 3.63) is 34.3 Å². The second-order valence-corrected chi connectivity index (χ2v) is 5.48. The molecule has 0 amide bonds. The third kappa shape index (κ3) is 2.80. The Bertz CT molecular complexity index is 397. The van der Waals surface area contributed by atoms with E-state index in [0.29, 0.717) is 12.0 Å². The van der Waals surface area contributed by atoms with E-state index in [9.17, 15) is 8.42 Å². The van der Waals surface area contributed by atoms with E-state index in [-0.39, 0.29) is 0 Å². The number of rotatable bonds is 3. The van der Waals surface area contributed by atoms with Gasteiger partial charge < -0.3 is 0 Å². The van der Waals surface area contributed by atoms with Gasteiger partial charge in [-0.1, -0.05) is 35.0 Å². The standard InChI is InChI=1S/C9H11BrO3S/c1-2-9(14(11,12)13)7-3-5-8(10)6-4-7/h3-6,9H,2H2,1H3,(H,11,12,13). The van der Waals surface area contributed by atoms with Crippen molar-refractivity contribution in [2.45, 2.75) is 18.6 Å². The Morgan fingerprint density at radius 2 is 1.86 bits per heavy atom. The molecular weight excluding hydrogens is 268 g/mol. The van der Waals surface area contributed by atoms with Gasteiger partial charge in [-0.2, -0.15) is 8.42 Å². The van der Waals surface area contributed by atoms with Gasteiger partial charge in [0, 0.05) is 4.47 Å². The van der Waals surface area contributed by atoms with Crippen molar-refractivity contribution in [2.24, 2.45) is 0 Å². The lowest BCUT2D eigenvalue weighted by Crippen LogP contribution is -2.10. The average Bonchev–Trinajstić information content (AvgIpc) is 2.07. The molecule has 0 spiro atoms. The zero-order valence-corrected chi connectivity index (χ0v) is 10.0. The second kappa shape index (κ2) is 4.42. The summed E-state index contributed by atoms with van der Waals surface area (Å²) in [5, 5.41) is -0.824. The van der Waals surface area contributed by atoms with Gasteiger partial charge in [0.25, 0.3) is 10.1 Å². The van der Waals surface area contributed by atoms with Crippen LogP contribution in [0.2, 0.25) is 0 Å². The normalized spacial score (nSPS) is 13.9. The van der Waals surface area contributed by atoms with Crippen LogP contribution in [0.5, 0.6) is 0 Å². The van der Waals surface area contributed by atoms with Crippen molar-refractivity contribution in [2.75, 3.05) is 0 Å². The third-order valence-electron chi connectivity index (χ3n) is 1.97. The molecule has 1 aromatic rings. The predicted octanol–water partition coefficient (Wildman–Crippen LogP) is 2.79. The maximum Gasteiger partial charge on any atom is 0.271 e. The van der Waals surface area contributed by atoms with Crippen molar-refractivity contribution >= 4 is 26.0 Å². The van der Waals surface area contributed by atoms with Gasteiger partial charge in [-0.15, -0.1) is 0 Å². The highest BCUT2D eigenvalue weighted by Crippen LogP contribution is 2.25. The molecule has 78 valence electrons. The van der Waals surface area contributed by atoms with E-state index in [1.165, 1.54) is 0 Å². The zero-order chi connectivity index (χ0) is 10.8. The van der Waals surface area contributed by atoms with Crippen LogP contribution < -0.4 is 0 Å². The number of halogens is 1. The monoisotopic (exact) mass is 278 g/mol. The van der Waals surface area contributed by atoms with Gasteiger partial charge in [0.15, 0.2) is 0 Å². The molecule has 0 saturated heterocycles. The highest BCUT2D eigenvalue weighted by Gasteiger charge is 2.22. The molecule has 1 atom stereocenters. The summed E-state index contributed by atoms with van der Waals surface area (Å²) < 4.78 is 31.8. The molecule has 5 heteroatoms. The smallest absolute Gasteiger partial charge is 0.271 e. The minimum atomic E-state index is -4.00. The van der Waals surface area contributed by atoms with E-state index in [0.717, 1.165) is 4.47 Å². The summed E-state index contributed by atoms with van der Waals surface area (Å²) in [6.45, 7) is 1.72. The topological polar surface area (TPSA) is 54.4 Å². The van der Waals surface area contributed by atoms with Gasteiger partial charge in [0.05, 0.1) is 0 Å². The molecule has 0 aliphatic heterocycles. The summed E-state index contributed by atoms with van der Waals surface area (Å²) in [6.07, 6.45) is 0.362. The second-order valence-electron chi connectivity index (χ2n) is 2.96. The van der Waals surface area contributed by atoms with Crippen molar-refractivity contribution in [1.29, 1.82) is 0 Å². The molecule has 0 saturated carbocycles. The van der Waals surface area contributed by atoms with Crippen LogP contribution in [-0.2, 0) is 10.1 Å². The van der Waals surface area contributed by atoms with E-state index in [2.05, 4.69) is 15.9 Å². The van der Waals surface area contributed by atoms with E-state index in [4.69, 9.17) is 4.55 Å². The minimum Gasteiger partial charge on any atom is -0.285 e. The summed E-state index contributed by atoms with van der Waals surface area (Å²) in [5.74, 6) is 0. The summed E-state index contributed by atoms with van der Waals surface area (Å²) in [5.41, 5.74) is 0.609. The maximum atomic E-state index is 11.0. The summed E-state index contributed by atoms with van der Waals surface area (Å²) >= 11 is 3.25. The Kier molecular flexibility index (Phi) is 3.69. The van der Waals surface area contributed by atoms with Crippen LogP contribution >= 0.6 is 15.9 Å². The van der Waals surface area contributed by atoms with Gasteiger partial charge in [-0.05, 0) is 24.1 Å². The molecule has 14 heavy (non-hydrogen) atoms. The van der Waals surface area contributed by atoms with Crippen molar-refractivity contribution in [1.82, 2.24) is 0 Å². The fraction of sp³-hybridized carbons (Fsp3) is 0.333. The molecule has 0 radical (unpaired) electrons. The van der Waals surface area contributed by atoms with Gasteiger partial charge in [0.2, 0.25) is 0 Å². The first-order valence-corrected chi connectivity index (χ1v) is 6.46. The quantitative estimate of drug-likeness (QED) is 0.865. The van der Waals surface area contributed by atoms with Crippen LogP contribution in [0.1, 0.15) is 24.2 Å². The summed E-state index contributed by atoms with van der Waals surface area (Å²) in [7, 11) is -4.00. The lowest BCUT2D eigenvalue weighted by Gasteiger charge is -2.11. The molecule has 0 aliphatic rings. The minimum absolute atomic E-state index is 0.362. The Balaban J connectivity index is 3.08. The first-order chi connectivity index (χ1) is 6.45. The highest BCUT2D eigenvalue weighted by atomic mass is 79.9. The molecule has 0 fully saturated rings. The molecule has 3 nitrogen and oxygen atoms in total. The Hall–Kier alpha value is -0.390. The van der Waals surface area contributed by atoms with Crippen LogP contribution in [0.25, 0.3) is 0 Å². The van der Waals surface area contributed by atoms with E-state index in [1.54, 1.807) is 31.2 Å². The maximum absolute atomic E-state index is 11.0. The van der Waals surface area contributed by atoms with Gasteiger partial charge in [0.1, 0.15) is 5.25 Å². The third-order valence-corrected chi connectivity index (χ3v) is 3.83. The molecule has 0 aromatic heterocycles. The first kappa shape index (κ1) is 11.7. The fourth-order valence-corrected chi connectivity index (χ4v) is 2.48. The van der Waals surface area contributed by atoms with E-state index < -0.39 is 15.4 Å². The lowest BCUT2D eigenvalue weighted by molar-refractivity contribution is 0.466. The largest absolute Gasteiger partial charge is 0.285 e. The fourth-order valence-electron chi connectivity index (χ4n) is 1.30. The summed E-state index contributed by atoms with van der Waals surface area (Å²) in [4.78, 5) is 0. The predicted molar refractivity (Wildman–Crippen MR) is 58.7 cm³/mol. The number of hydrogen-bond acceptors (Lipinski definition) is 2. The molecule has 1 unspecified atom stereocenters. The SMILES string of the molecule is CCC(c1ccc(Br)cc1)S(=O)(=O)O. The molecule has 0 heterocycles. The van der Waals surface area contributed by atoms with Gasteiger partial charge >= 0.3 is 0 Å². The summed E-state index contributed by atoms with van der Waals surface area (Å²) in [6, 6.07) is 6.88. The van der Waals surface area contributed by atoms with E-state index >= 15 is 0 Å². The Morgan fingerprint density at radius 1 is 1.36 bits per heavy atom. The molecule has 1 rings (SSSR count). The average molecular weight is 279 g/mol. The number of hydrogen-bond donors (Lipinski definition) is 1. The van der Waals surface area contributed by atoms with Gasteiger partial charge in [-0.25, -0.2) is 0 Å². The molecule has 1 aromatic carbocycles. The van der Waals surface area contributed by atoms with Crippen LogP contribution in [0.4, 0.5) is 0 Å². The van der Waals surface area contributed by atoms with Crippen LogP contribution in [-0.4, -0.2) is 13.0 Å².